The summed E-state index contributed by atoms with van der Waals surface area (Å²) in [6.07, 6.45) is -0.727. The number of aliphatic hydroxyl groups excluding tert-OH is 1. The molecule has 0 aliphatic carbocycles. The van der Waals surface area contributed by atoms with Crippen molar-refractivity contribution in [1.82, 2.24) is 0 Å². The fourth-order valence-corrected chi connectivity index (χ4v) is 2.42. The lowest BCUT2D eigenvalue weighted by Crippen LogP contribution is -2.03. The molecule has 0 aliphatic rings. The van der Waals surface area contributed by atoms with Gasteiger partial charge >= 0.3 is 0 Å². The van der Waals surface area contributed by atoms with Gasteiger partial charge in [-0.3, -0.25) is 0 Å². The molecule has 0 saturated heterocycles. The Bertz CT molecular complexity index is 579. The molecular formula is C15H14Cl2O. The maximum atomic E-state index is 10.4. The third-order valence-electron chi connectivity index (χ3n) is 3.04. The highest BCUT2D eigenvalue weighted by Gasteiger charge is 2.16. The van der Waals surface area contributed by atoms with Crippen molar-refractivity contribution in [2.45, 2.75) is 20.0 Å². The third-order valence-corrected chi connectivity index (χ3v) is 3.79. The van der Waals surface area contributed by atoms with Crippen molar-refractivity contribution in [2.24, 2.45) is 0 Å². The summed E-state index contributed by atoms with van der Waals surface area (Å²) in [5, 5.41) is 11.7. The first-order chi connectivity index (χ1) is 8.50. The van der Waals surface area contributed by atoms with Crippen LogP contribution in [0.3, 0.4) is 0 Å². The standard InChI is InChI=1S/C15H14Cl2O/c1-9-8-14(17)10(2)7-12(9)15(18)11-5-3-4-6-13(11)16/h3-8,15,18H,1-2H3. The fourth-order valence-electron chi connectivity index (χ4n) is 1.96. The van der Waals surface area contributed by atoms with E-state index in [1.807, 2.05) is 44.2 Å². The summed E-state index contributed by atoms with van der Waals surface area (Å²) in [5.74, 6) is 0. The van der Waals surface area contributed by atoms with Crippen molar-refractivity contribution >= 4 is 23.2 Å². The van der Waals surface area contributed by atoms with E-state index in [-0.39, 0.29) is 0 Å². The van der Waals surface area contributed by atoms with Crippen LogP contribution in [0.1, 0.15) is 28.4 Å². The average Bonchev–Trinajstić information content (AvgIpc) is 2.33. The van der Waals surface area contributed by atoms with Crippen molar-refractivity contribution in [3.63, 3.8) is 0 Å². The Kier molecular flexibility index (Phi) is 3.96. The third kappa shape index (κ3) is 2.54. The SMILES string of the molecule is Cc1cc(C(O)c2ccccc2Cl)c(C)cc1Cl. The van der Waals surface area contributed by atoms with Gasteiger partial charge in [-0.25, -0.2) is 0 Å². The van der Waals surface area contributed by atoms with Crippen LogP contribution in [0.4, 0.5) is 0 Å². The van der Waals surface area contributed by atoms with Gasteiger partial charge in [0, 0.05) is 15.6 Å². The van der Waals surface area contributed by atoms with Gasteiger partial charge < -0.3 is 5.11 Å². The van der Waals surface area contributed by atoms with Gasteiger partial charge in [-0.1, -0.05) is 47.5 Å². The van der Waals surface area contributed by atoms with Gasteiger partial charge in [-0.2, -0.15) is 0 Å². The predicted molar refractivity (Wildman–Crippen MR) is 76.4 cm³/mol. The van der Waals surface area contributed by atoms with E-state index in [2.05, 4.69) is 0 Å². The number of aryl methyl sites for hydroxylation is 2. The van der Waals surface area contributed by atoms with E-state index in [1.165, 1.54) is 0 Å². The zero-order chi connectivity index (χ0) is 13.3. The van der Waals surface area contributed by atoms with Crippen LogP contribution in [0.2, 0.25) is 10.0 Å². The maximum absolute atomic E-state index is 10.4. The first kappa shape index (κ1) is 13.4. The first-order valence-electron chi connectivity index (χ1n) is 5.70. The molecule has 1 N–H and O–H groups in total. The zero-order valence-electron chi connectivity index (χ0n) is 10.2. The van der Waals surface area contributed by atoms with E-state index in [9.17, 15) is 5.11 Å². The summed E-state index contributed by atoms with van der Waals surface area (Å²) >= 11 is 12.2. The van der Waals surface area contributed by atoms with E-state index < -0.39 is 6.10 Å². The Morgan fingerprint density at radius 2 is 1.56 bits per heavy atom. The van der Waals surface area contributed by atoms with Crippen molar-refractivity contribution in [1.29, 1.82) is 0 Å². The summed E-state index contributed by atoms with van der Waals surface area (Å²) in [6.45, 7) is 3.85. The molecule has 1 atom stereocenters. The summed E-state index contributed by atoms with van der Waals surface area (Å²) in [7, 11) is 0. The Morgan fingerprint density at radius 1 is 0.889 bits per heavy atom. The van der Waals surface area contributed by atoms with Crippen LogP contribution in [0.15, 0.2) is 36.4 Å². The van der Waals surface area contributed by atoms with Crippen LogP contribution in [-0.2, 0) is 0 Å². The number of rotatable bonds is 2. The number of hydrogen-bond acceptors (Lipinski definition) is 1. The second-order valence-corrected chi connectivity index (χ2v) is 5.20. The van der Waals surface area contributed by atoms with E-state index in [1.54, 1.807) is 6.07 Å². The Morgan fingerprint density at radius 3 is 2.22 bits per heavy atom. The normalized spacial score (nSPS) is 12.5. The van der Waals surface area contributed by atoms with Crippen LogP contribution in [0.25, 0.3) is 0 Å². The molecule has 2 aromatic carbocycles. The molecule has 0 spiro atoms. The molecule has 0 saturated carbocycles. The Labute approximate surface area is 117 Å². The van der Waals surface area contributed by atoms with E-state index >= 15 is 0 Å². The second-order valence-electron chi connectivity index (χ2n) is 4.38. The van der Waals surface area contributed by atoms with Gasteiger partial charge in [0.1, 0.15) is 6.10 Å². The molecule has 1 nitrogen and oxygen atoms in total. The second kappa shape index (κ2) is 5.31. The summed E-state index contributed by atoms with van der Waals surface area (Å²) in [4.78, 5) is 0. The van der Waals surface area contributed by atoms with Crippen LogP contribution < -0.4 is 0 Å². The minimum absolute atomic E-state index is 0.567. The molecule has 0 aromatic heterocycles. The Hall–Kier alpha value is -1.02. The summed E-state index contributed by atoms with van der Waals surface area (Å²) in [6, 6.07) is 11.1. The number of hydrogen-bond donors (Lipinski definition) is 1. The molecule has 0 radical (unpaired) electrons. The molecule has 0 heterocycles. The monoisotopic (exact) mass is 280 g/mol. The zero-order valence-corrected chi connectivity index (χ0v) is 11.8. The lowest BCUT2D eigenvalue weighted by molar-refractivity contribution is 0.219. The van der Waals surface area contributed by atoms with E-state index in [4.69, 9.17) is 23.2 Å². The van der Waals surface area contributed by atoms with Gasteiger partial charge in [0.15, 0.2) is 0 Å². The minimum Gasteiger partial charge on any atom is -0.384 e. The molecule has 0 bridgehead atoms. The molecule has 3 heteroatoms. The van der Waals surface area contributed by atoms with Crippen molar-refractivity contribution in [3.05, 3.63) is 68.7 Å². The quantitative estimate of drug-likeness (QED) is 0.846. The molecule has 2 rings (SSSR count). The smallest absolute Gasteiger partial charge is 0.106 e. The van der Waals surface area contributed by atoms with Gasteiger partial charge in [0.2, 0.25) is 0 Å². The van der Waals surface area contributed by atoms with Crippen molar-refractivity contribution in [3.8, 4) is 0 Å². The Balaban J connectivity index is 2.50. The highest BCUT2D eigenvalue weighted by atomic mass is 35.5. The topological polar surface area (TPSA) is 20.2 Å². The van der Waals surface area contributed by atoms with Gasteiger partial charge in [-0.15, -0.1) is 0 Å². The van der Waals surface area contributed by atoms with Crippen LogP contribution in [0, 0.1) is 13.8 Å². The lowest BCUT2D eigenvalue weighted by Gasteiger charge is -2.17. The van der Waals surface area contributed by atoms with Gasteiger partial charge in [0.25, 0.3) is 0 Å². The molecule has 94 valence electrons. The van der Waals surface area contributed by atoms with Crippen LogP contribution in [-0.4, -0.2) is 5.11 Å². The maximum Gasteiger partial charge on any atom is 0.106 e. The van der Waals surface area contributed by atoms with E-state index in [0.717, 1.165) is 16.7 Å². The molecule has 0 amide bonds. The lowest BCUT2D eigenvalue weighted by atomic mass is 9.96. The minimum atomic E-state index is -0.727. The molecular weight excluding hydrogens is 267 g/mol. The van der Waals surface area contributed by atoms with Crippen molar-refractivity contribution in [2.75, 3.05) is 0 Å². The predicted octanol–water partition coefficient (Wildman–Crippen LogP) is 4.69. The van der Waals surface area contributed by atoms with Gasteiger partial charge in [0.05, 0.1) is 0 Å². The highest BCUT2D eigenvalue weighted by molar-refractivity contribution is 6.31. The molecule has 0 fully saturated rings. The average molecular weight is 281 g/mol. The molecule has 2 aromatic rings. The number of aliphatic hydroxyl groups is 1. The van der Waals surface area contributed by atoms with E-state index in [0.29, 0.717) is 15.6 Å². The largest absolute Gasteiger partial charge is 0.384 e. The van der Waals surface area contributed by atoms with Crippen molar-refractivity contribution < 1.29 is 5.11 Å². The summed E-state index contributed by atoms with van der Waals surface area (Å²) in [5.41, 5.74) is 3.45. The fraction of sp³-hybridized carbons (Fsp3) is 0.200. The highest BCUT2D eigenvalue weighted by Crippen LogP contribution is 2.32. The summed E-state index contributed by atoms with van der Waals surface area (Å²) < 4.78 is 0. The van der Waals surface area contributed by atoms with Crippen LogP contribution >= 0.6 is 23.2 Å². The van der Waals surface area contributed by atoms with Crippen LogP contribution in [0.5, 0.6) is 0 Å². The molecule has 18 heavy (non-hydrogen) atoms. The number of benzene rings is 2. The first-order valence-corrected chi connectivity index (χ1v) is 6.45. The molecule has 1 unspecified atom stereocenters. The molecule has 0 aliphatic heterocycles. The van der Waals surface area contributed by atoms with Gasteiger partial charge in [-0.05, 0) is 42.7 Å². The number of halogens is 2.